The number of rotatable bonds is 10. The average molecular weight is 441 g/mol. The number of hydrogen-bond acceptors (Lipinski definition) is 5. The van der Waals surface area contributed by atoms with Crippen molar-refractivity contribution in [2.24, 2.45) is 0 Å². The van der Waals surface area contributed by atoms with Crippen molar-refractivity contribution in [3.05, 3.63) is 59.2 Å². The molecule has 2 aromatic rings. The van der Waals surface area contributed by atoms with Crippen molar-refractivity contribution in [3.8, 4) is 11.5 Å². The Morgan fingerprint density at radius 1 is 1.12 bits per heavy atom. The summed E-state index contributed by atoms with van der Waals surface area (Å²) in [7, 11) is 0. The number of amides is 1. The van der Waals surface area contributed by atoms with Crippen LogP contribution in [0.2, 0.25) is 0 Å². The average Bonchev–Trinajstić information content (AvgIpc) is 2.79. The molecule has 1 saturated heterocycles. The van der Waals surface area contributed by atoms with E-state index in [1.165, 1.54) is 5.56 Å². The summed E-state index contributed by atoms with van der Waals surface area (Å²) in [5.41, 5.74) is 3.21. The molecule has 1 heterocycles. The van der Waals surface area contributed by atoms with E-state index in [2.05, 4.69) is 30.1 Å². The molecule has 2 aromatic carbocycles. The molecule has 0 spiro atoms. The number of hydrogen-bond donors (Lipinski definition) is 1. The Kier molecular flexibility index (Phi) is 8.94. The lowest BCUT2D eigenvalue weighted by Gasteiger charge is -2.26. The van der Waals surface area contributed by atoms with Crippen molar-refractivity contribution in [2.75, 3.05) is 39.5 Å². The van der Waals surface area contributed by atoms with Gasteiger partial charge in [-0.1, -0.05) is 38.1 Å². The third-order valence-corrected chi connectivity index (χ3v) is 5.70. The van der Waals surface area contributed by atoms with E-state index in [0.29, 0.717) is 19.1 Å². The third-order valence-electron chi connectivity index (χ3n) is 5.70. The number of aryl methyl sites for hydroxylation is 1. The second-order valence-corrected chi connectivity index (χ2v) is 8.61. The van der Waals surface area contributed by atoms with E-state index in [-0.39, 0.29) is 5.91 Å². The highest BCUT2D eigenvalue weighted by Gasteiger charge is 2.16. The molecule has 0 aliphatic carbocycles. The molecule has 1 N–H and O–H groups in total. The van der Waals surface area contributed by atoms with Gasteiger partial charge in [0.05, 0.1) is 13.2 Å². The highest BCUT2D eigenvalue weighted by molar-refractivity contribution is 5.80. The lowest BCUT2D eigenvalue weighted by Crippen LogP contribution is -2.38. The van der Waals surface area contributed by atoms with Crippen molar-refractivity contribution < 1.29 is 19.0 Å². The molecule has 0 aromatic heterocycles. The maximum atomic E-state index is 12.6. The molecule has 1 amide bonds. The Bertz CT molecular complexity index is 878. The molecule has 1 unspecified atom stereocenters. The van der Waals surface area contributed by atoms with Crippen LogP contribution in [-0.4, -0.2) is 56.4 Å². The van der Waals surface area contributed by atoms with Gasteiger partial charge in [0.15, 0.2) is 6.10 Å². The zero-order valence-corrected chi connectivity index (χ0v) is 19.7. The van der Waals surface area contributed by atoms with Crippen molar-refractivity contribution in [1.29, 1.82) is 0 Å². The van der Waals surface area contributed by atoms with Gasteiger partial charge in [-0.05, 0) is 54.7 Å². The topological polar surface area (TPSA) is 60.0 Å². The lowest BCUT2D eigenvalue weighted by molar-refractivity contribution is -0.127. The van der Waals surface area contributed by atoms with Crippen LogP contribution in [0.25, 0.3) is 0 Å². The number of morpholine rings is 1. The van der Waals surface area contributed by atoms with Crippen LogP contribution < -0.4 is 14.8 Å². The van der Waals surface area contributed by atoms with Gasteiger partial charge in [-0.15, -0.1) is 0 Å². The Morgan fingerprint density at radius 2 is 1.91 bits per heavy atom. The Labute approximate surface area is 191 Å². The summed E-state index contributed by atoms with van der Waals surface area (Å²) in [6, 6.07) is 14.0. The van der Waals surface area contributed by atoms with Gasteiger partial charge in [-0.25, -0.2) is 0 Å². The van der Waals surface area contributed by atoms with E-state index in [0.717, 1.165) is 55.5 Å². The first kappa shape index (κ1) is 24.1. The van der Waals surface area contributed by atoms with Gasteiger partial charge in [0.25, 0.3) is 5.91 Å². The van der Waals surface area contributed by atoms with Gasteiger partial charge in [-0.2, -0.15) is 0 Å². The molecule has 1 fully saturated rings. The maximum Gasteiger partial charge on any atom is 0.261 e. The molecule has 0 saturated carbocycles. The molecule has 174 valence electrons. The predicted octanol–water partition coefficient (Wildman–Crippen LogP) is 3.91. The van der Waals surface area contributed by atoms with E-state index in [1.807, 2.05) is 43.3 Å². The summed E-state index contributed by atoms with van der Waals surface area (Å²) < 4.78 is 17.2. The molecule has 6 heteroatoms. The Balaban J connectivity index is 1.46. The third kappa shape index (κ3) is 7.24. The number of ether oxygens (including phenoxy) is 3. The molecular formula is C26H36N2O4. The fourth-order valence-corrected chi connectivity index (χ4v) is 3.54. The largest absolute Gasteiger partial charge is 0.492 e. The Morgan fingerprint density at radius 3 is 2.66 bits per heavy atom. The van der Waals surface area contributed by atoms with Crippen LogP contribution in [0.4, 0.5) is 0 Å². The maximum absolute atomic E-state index is 12.6. The predicted molar refractivity (Wildman–Crippen MR) is 126 cm³/mol. The molecule has 1 aliphatic rings. The van der Waals surface area contributed by atoms with Gasteiger partial charge < -0.3 is 19.5 Å². The molecule has 1 atom stereocenters. The van der Waals surface area contributed by atoms with Crippen LogP contribution in [0.1, 0.15) is 43.4 Å². The minimum Gasteiger partial charge on any atom is -0.492 e. The first-order valence-electron chi connectivity index (χ1n) is 11.5. The number of carbonyl (C=O) groups excluding carboxylic acids is 1. The fraction of sp³-hybridized carbons (Fsp3) is 0.500. The smallest absolute Gasteiger partial charge is 0.261 e. The van der Waals surface area contributed by atoms with Crippen LogP contribution >= 0.6 is 0 Å². The number of nitrogens with zero attached hydrogens (tertiary/aromatic N) is 1. The molecule has 3 rings (SSSR count). The quantitative estimate of drug-likeness (QED) is 0.607. The van der Waals surface area contributed by atoms with Crippen LogP contribution in [0.15, 0.2) is 42.5 Å². The zero-order valence-electron chi connectivity index (χ0n) is 19.7. The van der Waals surface area contributed by atoms with Crippen molar-refractivity contribution in [2.45, 2.75) is 46.3 Å². The molecule has 32 heavy (non-hydrogen) atoms. The second-order valence-electron chi connectivity index (χ2n) is 8.61. The van der Waals surface area contributed by atoms with E-state index in [9.17, 15) is 4.79 Å². The van der Waals surface area contributed by atoms with Gasteiger partial charge >= 0.3 is 0 Å². The van der Waals surface area contributed by atoms with Gasteiger partial charge in [0.1, 0.15) is 18.1 Å². The molecule has 1 aliphatic heterocycles. The zero-order chi connectivity index (χ0) is 22.9. The first-order valence-corrected chi connectivity index (χ1v) is 11.5. The highest BCUT2D eigenvalue weighted by atomic mass is 16.5. The minimum atomic E-state index is -0.580. The lowest BCUT2D eigenvalue weighted by atomic mass is 10.0. The molecule has 0 bridgehead atoms. The van der Waals surface area contributed by atoms with Crippen LogP contribution in [0.5, 0.6) is 11.5 Å². The van der Waals surface area contributed by atoms with E-state index in [4.69, 9.17) is 14.2 Å². The van der Waals surface area contributed by atoms with Crippen molar-refractivity contribution >= 4 is 5.91 Å². The summed E-state index contributed by atoms with van der Waals surface area (Å²) >= 11 is 0. The summed E-state index contributed by atoms with van der Waals surface area (Å²) in [6.45, 7) is 13.5. The molecular weight excluding hydrogens is 404 g/mol. The fourth-order valence-electron chi connectivity index (χ4n) is 3.54. The number of benzene rings is 2. The number of nitrogens with one attached hydrogen (secondary N) is 1. The van der Waals surface area contributed by atoms with Gasteiger partial charge in [0.2, 0.25) is 0 Å². The van der Waals surface area contributed by atoms with Crippen LogP contribution in [0.3, 0.4) is 0 Å². The first-order chi connectivity index (χ1) is 15.4. The number of carbonyl (C=O) groups is 1. The van der Waals surface area contributed by atoms with E-state index >= 15 is 0 Å². The van der Waals surface area contributed by atoms with Crippen LogP contribution in [-0.2, 0) is 16.1 Å². The summed E-state index contributed by atoms with van der Waals surface area (Å²) in [5, 5.41) is 2.97. The summed E-state index contributed by atoms with van der Waals surface area (Å²) in [6.07, 6.45) is -0.580. The van der Waals surface area contributed by atoms with E-state index < -0.39 is 6.10 Å². The van der Waals surface area contributed by atoms with Crippen LogP contribution in [0, 0.1) is 6.92 Å². The van der Waals surface area contributed by atoms with Crippen molar-refractivity contribution in [1.82, 2.24) is 10.2 Å². The standard InChI is InChI=1S/C26H36N2O4/c1-19(2)23-9-8-20(3)25(17-23)32-21(4)26(29)27-18-22-6-5-7-24(16-22)31-15-12-28-10-13-30-14-11-28/h5-9,16-17,19,21H,10-15,18H2,1-4H3,(H,27,29). The molecule has 6 nitrogen and oxygen atoms in total. The minimum absolute atomic E-state index is 0.141. The van der Waals surface area contributed by atoms with Gasteiger partial charge in [0, 0.05) is 26.2 Å². The SMILES string of the molecule is Cc1ccc(C(C)C)cc1OC(C)C(=O)NCc1cccc(OCCN2CCOCC2)c1. The van der Waals surface area contributed by atoms with Gasteiger partial charge in [-0.3, -0.25) is 9.69 Å². The van der Waals surface area contributed by atoms with Crippen molar-refractivity contribution in [3.63, 3.8) is 0 Å². The van der Waals surface area contributed by atoms with E-state index in [1.54, 1.807) is 6.92 Å². The highest BCUT2D eigenvalue weighted by Crippen LogP contribution is 2.25. The monoisotopic (exact) mass is 440 g/mol. The second kappa shape index (κ2) is 11.9. The summed E-state index contributed by atoms with van der Waals surface area (Å²) in [5.74, 6) is 1.84. The Hall–Kier alpha value is -2.57. The normalized spacial score (nSPS) is 15.4. The molecule has 0 radical (unpaired) electrons. The summed E-state index contributed by atoms with van der Waals surface area (Å²) in [4.78, 5) is 14.9.